The summed E-state index contributed by atoms with van der Waals surface area (Å²) in [7, 11) is 0. The van der Waals surface area contributed by atoms with Crippen molar-refractivity contribution >= 4 is 5.97 Å². The van der Waals surface area contributed by atoms with Crippen molar-refractivity contribution in [3.8, 4) is 0 Å². The van der Waals surface area contributed by atoms with E-state index in [1.165, 1.54) is 0 Å². The maximum absolute atomic E-state index is 10.8. The molecule has 12 heteroatoms. The fourth-order valence-electron chi connectivity index (χ4n) is 2.38. The van der Waals surface area contributed by atoms with Crippen molar-refractivity contribution in [2.75, 3.05) is 13.2 Å². The van der Waals surface area contributed by atoms with Crippen LogP contribution in [0.25, 0.3) is 0 Å². The third kappa shape index (κ3) is 5.27. The predicted octanol–water partition coefficient (Wildman–Crippen LogP) is -5.28. The Bertz CT molecular complexity index is 420. The lowest BCUT2D eigenvalue weighted by molar-refractivity contribution is -0.324. The van der Waals surface area contributed by atoms with Crippen molar-refractivity contribution in [2.45, 2.75) is 61.5 Å². The molecule has 0 aliphatic carbocycles. The van der Waals surface area contributed by atoms with Gasteiger partial charge in [0.05, 0.1) is 12.7 Å². The number of hydrogen-bond donors (Lipinski definition) is 9. The van der Waals surface area contributed by atoms with Crippen molar-refractivity contribution in [1.29, 1.82) is 0 Å². The van der Waals surface area contributed by atoms with Gasteiger partial charge in [0.25, 0.3) is 0 Å². The standard InChI is InChI=1S/C13H24O12/c14-2-1-5-6(17)7(18)10(21)13(24-5)25-11(4(16)3-15)8(19)9(20)12(22)23/h4-11,13-21H,1-3H2,(H,22,23)/t4-,5-,6+,7+,8-,9-,10-,11-,13+/m0/s1. The highest BCUT2D eigenvalue weighted by molar-refractivity contribution is 5.72. The van der Waals surface area contributed by atoms with Crippen molar-refractivity contribution in [1.82, 2.24) is 0 Å². The van der Waals surface area contributed by atoms with Crippen LogP contribution in [0.15, 0.2) is 0 Å². The first-order valence-electron chi connectivity index (χ1n) is 7.49. The molecule has 0 spiro atoms. The van der Waals surface area contributed by atoms with Crippen LogP contribution < -0.4 is 0 Å². The Morgan fingerprint density at radius 2 is 1.64 bits per heavy atom. The summed E-state index contributed by atoms with van der Waals surface area (Å²) in [5, 5.41) is 85.0. The number of rotatable bonds is 9. The molecule has 1 rings (SSSR count). The number of carboxylic acid groups (broad SMARTS) is 1. The summed E-state index contributed by atoms with van der Waals surface area (Å²) in [6, 6.07) is 0. The monoisotopic (exact) mass is 372 g/mol. The van der Waals surface area contributed by atoms with Gasteiger partial charge in [-0.25, -0.2) is 4.79 Å². The van der Waals surface area contributed by atoms with Crippen molar-refractivity contribution < 1.29 is 60.2 Å². The molecule has 1 aliphatic heterocycles. The van der Waals surface area contributed by atoms with Crippen LogP contribution in [0.5, 0.6) is 0 Å². The highest BCUT2D eigenvalue weighted by Gasteiger charge is 2.47. The average molecular weight is 372 g/mol. The lowest BCUT2D eigenvalue weighted by Gasteiger charge is -2.42. The molecule has 12 nitrogen and oxygen atoms in total. The Morgan fingerprint density at radius 3 is 2.12 bits per heavy atom. The zero-order valence-corrected chi connectivity index (χ0v) is 13.1. The smallest absolute Gasteiger partial charge is 0.335 e. The highest BCUT2D eigenvalue weighted by atomic mass is 16.7. The van der Waals surface area contributed by atoms with Crippen LogP contribution >= 0.6 is 0 Å². The van der Waals surface area contributed by atoms with Gasteiger partial charge in [-0.05, 0) is 6.42 Å². The van der Waals surface area contributed by atoms with Crippen LogP contribution in [0.2, 0.25) is 0 Å². The van der Waals surface area contributed by atoms with Crippen LogP contribution in [0.1, 0.15) is 6.42 Å². The van der Waals surface area contributed by atoms with Gasteiger partial charge in [0.1, 0.15) is 36.6 Å². The third-order valence-corrected chi connectivity index (χ3v) is 3.85. The van der Waals surface area contributed by atoms with E-state index < -0.39 is 74.3 Å². The normalized spacial score (nSPS) is 35.0. The van der Waals surface area contributed by atoms with Gasteiger partial charge in [-0.1, -0.05) is 0 Å². The number of ether oxygens (including phenoxy) is 2. The van der Waals surface area contributed by atoms with Crippen molar-refractivity contribution in [3.05, 3.63) is 0 Å². The summed E-state index contributed by atoms with van der Waals surface area (Å²) in [6.45, 7) is -1.41. The zero-order chi connectivity index (χ0) is 19.3. The second-order valence-corrected chi connectivity index (χ2v) is 5.65. The van der Waals surface area contributed by atoms with Gasteiger partial charge in [-0.15, -0.1) is 0 Å². The van der Waals surface area contributed by atoms with E-state index in [0.717, 1.165) is 0 Å². The molecular weight excluding hydrogens is 348 g/mol. The molecule has 1 heterocycles. The maximum Gasteiger partial charge on any atom is 0.335 e. The fourth-order valence-corrected chi connectivity index (χ4v) is 2.38. The number of aliphatic hydroxyl groups is 8. The van der Waals surface area contributed by atoms with Gasteiger partial charge in [-0.2, -0.15) is 0 Å². The summed E-state index contributed by atoms with van der Waals surface area (Å²) in [5.41, 5.74) is 0. The molecule has 0 aromatic rings. The minimum absolute atomic E-state index is 0.141. The molecule has 0 aromatic heterocycles. The molecule has 0 saturated carbocycles. The number of carboxylic acids is 1. The molecule has 148 valence electrons. The molecule has 0 amide bonds. The Balaban J connectivity index is 2.95. The van der Waals surface area contributed by atoms with E-state index in [9.17, 15) is 35.4 Å². The highest BCUT2D eigenvalue weighted by Crippen LogP contribution is 2.26. The Labute approximate surface area is 142 Å². The van der Waals surface area contributed by atoms with E-state index in [-0.39, 0.29) is 6.42 Å². The Morgan fingerprint density at radius 1 is 1.04 bits per heavy atom. The van der Waals surface area contributed by atoms with Crippen LogP contribution in [0.4, 0.5) is 0 Å². The molecule has 9 atom stereocenters. The van der Waals surface area contributed by atoms with E-state index in [1.807, 2.05) is 0 Å². The fraction of sp³-hybridized carbons (Fsp3) is 0.923. The SMILES string of the molecule is O=C(O)[C@@H](O)[C@H](O)[C@@H](O[C@H]1O[C@@H](CCO)[C@@H](O)[C@@H](O)[C@@H]1O)[C@@H](O)CO. The van der Waals surface area contributed by atoms with E-state index >= 15 is 0 Å². The van der Waals surface area contributed by atoms with Crippen molar-refractivity contribution in [3.63, 3.8) is 0 Å². The molecular formula is C13H24O12. The summed E-state index contributed by atoms with van der Waals surface area (Å²) in [4.78, 5) is 10.8. The lowest BCUT2D eigenvalue weighted by Crippen LogP contribution is -2.61. The first-order valence-corrected chi connectivity index (χ1v) is 7.49. The average Bonchev–Trinajstić information content (AvgIpc) is 2.59. The molecule has 1 aliphatic rings. The summed E-state index contributed by atoms with van der Waals surface area (Å²) >= 11 is 0. The maximum atomic E-state index is 10.8. The lowest BCUT2D eigenvalue weighted by atomic mass is 9.96. The van der Waals surface area contributed by atoms with Gasteiger partial charge in [0, 0.05) is 6.61 Å². The molecule has 9 N–H and O–H groups in total. The molecule has 0 radical (unpaired) electrons. The number of aliphatic carboxylic acids is 1. The summed E-state index contributed by atoms with van der Waals surface area (Å²) < 4.78 is 10.2. The molecule has 1 saturated heterocycles. The second kappa shape index (κ2) is 9.68. The summed E-state index contributed by atoms with van der Waals surface area (Å²) in [6.07, 6.45) is -16.6. The zero-order valence-electron chi connectivity index (χ0n) is 13.1. The Kier molecular flexibility index (Phi) is 8.56. The van der Waals surface area contributed by atoms with Gasteiger partial charge < -0.3 is 55.4 Å². The van der Waals surface area contributed by atoms with Gasteiger partial charge in [0.15, 0.2) is 12.4 Å². The number of aliphatic hydroxyl groups excluding tert-OH is 8. The third-order valence-electron chi connectivity index (χ3n) is 3.85. The van der Waals surface area contributed by atoms with Gasteiger partial charge >= 0.3 is 5.97 Å². The number of carbonyl (C=O) groups is 1. The van der Waals surface area contributed by atoms with E-state index in [0.29, 0.717) is 0 Å². The van der Waals surface area contributed by atoms with Gasteiger partial charge in [-0.3, -0.25) is 0 Å². The number of hydrogen-bond acceptors (Lipinski definition) is 11. The molecule has 0 aromatic carbocycles. The van der Waals surface area contributed by atoms with Crippen LogP contribution in [0, 0.1) is 0 Å². The summed E-state index contributed by atoms with van der Waals surface area (Å²) in [5.74, 6) is -1.83. The predicted molar refractivity (Wildman–Crippen MR) is 76.0 cm³/mol. The van der Waals surface area contributed by atoms with Crippen LogP contribution in [-0.4, -0.2) is 120 Å². The topological polar surface area (TPSA) is 218 Å². The molecule has 1 fully saturated rings. The molecule has 0 unspecified atom stereocenters. The van der Waals surface area contributed by atoms with Crippen molar-refractivity contribution in [2.24, 2.45) is 0 Å². The minimum Gasteiger partial charge on any atom is -0.479 e. The van der Waals surface area contributed by atoms with Crippen LogP contribution in [0.3, 0.4) is 0 Å². The van der Waals surface area contributed by atoms with Gasteiger partial charge in [0.2, 0.25) is 0 Å². The van der Waals surface area contributed by atoms with E-state index in [4.69, 9.17) is 24.8 Å². The quantitative estimate of drug-likeness (QED) is 0.185. The Hall–Kier alpha value is -0.930. The van der Waals surface area contributed by atoms with Crippen LogP contribution in [-0.2, 0) is 14.3 Å². The second-order valence-electron chi connectivity index (χ2n) is 5.65. The molecule has 0 bridgehead atoms. The largest absolute Gasteiger partial charge is 0.479 e. The van der Waals surface area contributed by atoms with E-state index in [2.05, 4.69) is 0 Å². The minimum atomic E-state index is -2.38. The molecule has 25 heavy (non-hydrogen) atoms. The first kappa shape index (κ1) is 22.1. The van der Waals surface area contributed by atoms with E-state index in [1.54, 1.807) is 0 Å². The first-order chi connectivity index (χ1) is 11.6.